The molecule has 0 radical (unpaired) electrons. The minimum absolute atomic E-state index is 0.512. The van der Waals surface area contributed by atoms with Gasteiger partial charge in [0, 0.05) is 6.42 Å². The highest BCUT2D eigenvalue weighted by Gasteiger charge is 2.15. The maximum Gasteiger partial charge on any atom is 0.113 e. The molecule has 2 nitrogen and oxygen atoms in total. The van der Waals surface area contributed by atoms with Crippen LogP contribution in [-0.4, -0.2) is 5.11 Å². The molecule has 2 heteroatoms. The lowest BCUT2D eigenvalue weighted by atomic mass is 10.0. The third-order valence-corrected chi connectivity index (χ3v) is 3.36. The lowest BCUT2D eigenvalue weighted by Gasteiger charge is -2.20. The van der Waals surface area contributed by atoms with Crippen molar-refractivity contribution in [1.29, 1.82) is 0 Å². The molecule has 0 saturated carbocycles. The summed E-state index contributed by atoms with van der Waals surface area (Å²) in [6.45, 7) is 0.587. The first-order valence-corrected chi connectivity index (χ1v) is 6.47. The summed E-state index contributed by atoms with van der Waals surface area (Å²) in [7, 11) is 0. The second kappa shape index (κ2) is 5.29. The Morgan fingerprint density at radius 1 is 1.00 bits per heavy atom. The van der Waals surface area contributed by atoms with Crippen molar-refractivity contribution in [2.45, 2.75) is 19.1 Å². The molecule has 2 aromatic rings. The Morgan fingerprint density at radius 3 is 2.58 bits per heavy atom. The van der Waals surface area contributed by atoms with Crippen LogP contribution in [0.15, 0.2) is 60.4 Å². The molecule has 1 aliphatic rings. The van der Waals surface area contributed by atoms with Crippen molar-refractivity contribution in [2.75, 3.05) is 0 Å². The quantitative estimate of drug-likeness (QED) is 0.903. The van der Waals surface area contributed by atoms with Gasteiger partial charge in [-0.15, -0.1) is 0 Å². The number of benzene rings is 2. The van der Waals surface area contributed by atoms with Crippen LogP contribution in [0.4, 0.5) is 0 Å². The van der Waals surface area contributed by atoms with Crippen LogP contribution in [-0.2, 0) is 11.3 Å². The Labute approximate surface area is 113 Å². The SMILES string of the molecule is OC(CC1=Cc2ccccc2CO1)c1ccccc1. The van der Waals surface area contributed by atoms with Crippen molar-refractivity contribution >= 4 is 6.08 Å². The molecule has 0 saturated heterocycles. The third kappa shape index (κ3) is 2.69. The van der Waals surface area contributed by atoms with E-state index in [9.17, 15) is 5.11 Å². The number of fused-ring (bicyclic) bond motifs is 1. The Hall–Kier alpha value is -2.06. The standard InChI is InChI=1S/C17H16O2/c18-17(13-6-2-1-3-7-13)11-16-10-14-8-4-5-9-15(14)12-19-16/h1-10,17-18H,11-12H2. The van der Waals surface area contributed by atoms with E-state index in [-0.39, 0.29) is 0 Å². The van der Waals surface area contributed by atoms with Crippen molar-refractivity contribution in [3.63, 3.8) is 0 Å². The summed E-state index contributed by atoms with van der Waals surface area (Å²) in [6, 6.07) is 17.9. The molecule has 2 aromatic carbocycles. The highest BCUT2D eigenvalue weighted by molar-refractivity contribution is 5.57. The van der Waals surface area contributed by atoms with Gasteiger partial charge in [0.05, 0.1) is 11.9 Å². The Kier molecular flexibility index (Phi) is 3.34. The number of aliphatic hydroxyl groups excluding tert-OH is 1. The zero-order valence-corrected chi connectivity index (χ0v) is 10.6. The third-order valence-electron chi connectivity index (χ3n) is 3.36. The molecule has 0 aromatic heterocycles. The summed E-state index contributed by atoms with van der Waals surface area (Å²) in [5.74, 6) is 0.843. The van der Waals surface area contributed by atoms with Crippen LogP contribution < -0.4 is 0 Å². The predicted octanol–water partition coefficient (Wildman–Crippen LogP) is 3.68. The summed E-state index contributed by atoms with van der Waals surface area (Å²) < 4.78 is 5.70. The normalized spacial score (nSPS) is 15.1. The van der Waals surface area contributed by atoms with Crippen LogP contribution in [0.3, 0.4) is 0 Å². The van der Waals surface area contributed by atoms with Gasteiger partial charge < -0.3 is 9.84 Å². The summed E-state index contributed by atoms with van der Waals surface area (Å²) in [6.07, 6.45) is 2.02. The maximum absolute atomic E-state index is 10.2. The van der Waals surface area contributed by atoms with Crippen molar-refractivity contribution in [3.05, 3.63) is 77.0 Å². The monoisotopic (exact) mass is 252 g/mol. The van der Waals surface area contributed by atoms with Crippen molar-refractivity contribution in [2.24, 2.45) is 0 Å². The van der Waals surface area contributed by atoms with Gasteiger partial charge in [-0.1, -0.05) is 54.6 Å². The fourth-order valence-corrected chi connectivity index (χ4v) is 2.29. The molecule has 19 heavy (non-hydrogen) atoms. The van der Waals surface area contributed by atoms with Gasteiger partial charge >= 0.3 is 0 Å². The minimum Gasteiger partial charge on any atom is -0.493 e. The van der Waals surface area contributed by atoms with Crippen molar-refractivity contribution in [1.82, 2.24) is 0 Å². The molecule has 1 N–H and O–H groups in total. The van der Waals surface area contributed by atoms with Gasteiger partial charge in [0.2, 0.25) is 0 Å². The second-order valence-electron chi connectivity index (χ2n) is 4.73. The summed E-state index contributed by atoms with van der Waals surface area (Å²) >= 11 is 0. The lowest BCUT2D eigenvalue weighted by Crippen LogP contribution is -2.06. The fourth-order valence-electron chi connectivity index (χ4n) is 2.29. The van der Waals surface area contributed by atoms with Crippen molar-refractivity contribution < 1.29 is 9.84 Å². The van der Waals surface area contributed by atoms with Crippen LogP contribution in [0.5, 0.6) is 0 Å². The summed E-state index contributed by atoms with van der Waals surface area (Å²) in [5.41, 5.74) is 3.30. The molecule has 1 atom stereocenters. The molecule has 0 bridgehead atoms. The molecule has 0 amide bonds. The molecule has 1 aliphatic heterocycles. The number of hydrogen-bond donors (Lipinski definition) is 1. The van der Waals surface area contributed by atoms with E-state index in [2.05, 4.69) is 12.1 Å². The van der Waals surface area contributed by atoms with E-state index in [1.54, 1.807) is 0 Å². The van der Waals surface area contributed by atoms with E-state index in [0.717, 1.165) is 11.3 Å². The van der Waals surface area contributed by atoms with Gasteiger partial charge in [-0.3, -0.25) is 0 Å². The number of hydrogen-bond acceptors (Lipinski definition) is 2. The van der Waals surface area contributed by atoms with Crippen LogP contribution in [0.1, 0.15) is 29.2 Å². The molecule has 0 aliphatic carbocycles. The first kappa shape index (κ1) is 12.0. The van der Waals surface area contributed by atoms with E-state index in [1.165, 1.54) is 11.1 Å². The van der Waals surface area contributed by atoms with E-state index in [1.807, 2.05) is 48.5 Å². The van der Waals surface area contributed by atoms with E-state index >= 15 is 0 Å². The van der Waals surface area contributed by atoms with Gasteiger partial charge in [-0.2, -0.15) is 0 Å². The number of rotatable bonds is 3. The largest absolute Gasteiger partial charge is 0.493 e. The summed E-state index contributed by atoms with van der Waals surface area (Å²) in [5, 5.41) is 10.2. The minimum atomic E-state index is -0.516. The molecule has 0 spiro atoms. The van der Waals surface area contributed by atoms with Gasteiger partial charge in [0.1, 0.15) is 6.61 Å². The van der Waals surface area contributed by atoms with E-state index in [4.69, 9.17) is 4.74 Å². The average Bonchev–Trinajstić information content (AvgIpc) is 2.48. The van der Waals surface area contributed by atoms with Gasteiger partial charge in [0.25, 0.3) is 0 Å². The maximum atomic E-state index is 10.2. The van der Waals surface area contributed by atoms with E-state index in [0.29, 0.717) is 13.0 Å². The molecule has 0 fully saturated rings. The average molecular weight is 252 g/mol. The first-order chi connectivity index (χ1) is 9.33. The summed E-state index contributed by atoms with van der Waals surface area (Å²) in [4.78, 5) is 0. The molecular formula is C17H16O2. The van der Waals surface area contributed by atoms with Gasteiger partial charge in [0.15, 0.2) is 0 Å². The highest BCUT2D eigenvalue weighted by Crippen LogP contribution is 2.28. The topological polar surface area (TPSA) is 29.5 Å². The van der Waals surface area contributed by atoms with Gasteiger partial charge in [-0.05, 0) is 22.8 Å². The molecule has 3 rings (SSSR count). The zero-order valence-electron chi connectivity index (χ0n) is 10.6. The molecular weight excluding hydrogens is 236 g/mol. The van der Waals surface area contributed by atoms with Crippen LogP contribution in [0, 0.1) is 0 Å². The van der Waals surface area contributed by atoms with Crippen LogP contribution >= 0.6 is 0 Å². The second-order valence-corrected chi connectivity index (χ2v) is 4.73. The zero-order chi connectivity index (χ0) is 13.1. The van der Waals surface area contributed by atoms with Crippen molar-refractivity contribution in [3.8, 4) is 0 Å². The number of ether oxygens (including phenoxy) is 1. The molecule has 96 valence electrons. The van der Waals surface area contributed by atoms with E-state index < -0.39 is 6.10 Å². The molecule has 1 unspecified atom stereocenters. The first-order valence-electron chi connectivity index (χ1n) is 6.47. The highest BCUT2D eigenvalue weighted by atomic mass is 16.5. The molecule has 1 heterocycles. The fraction of sp³-hybridized carbons (Fsp3) is 0.176. The van der Waals surface area contributed by atoms with Crippen LogP contribution in [0.2, 0.25) is 0 Å². The Balaban J connectivity index is 1.77. The smallest absolute Gasteiger partial charge is 0.113 e. The lowest BCUT2D eigenvalue weighted by molar-refractivity contribution is 0.125. The van der Waals surface area contributed by atoms with Gasteiger partial charge in [-0.25, -0.2) is 0 Å². The number of aliphatic hydroxyl groups is 1. The predicted molar refractivity (Wildman–Crippen MR) is 75.2 cm³/mol. The Morgan fingerprint density at radius 2 is 1.74 bits per heavy atom. The van der Waals surface area contributed by atoms with Crippen LogP contribution in [0.25, 0.3) is 6.08 Å². The Bertz CT molecular complexity index is 587.